The molecule has 2 heterocycles. The minimum Gasteiger partial charge on any atom is -0.287 e. The van der Waals surface area contributed by atoms with Crippen molar-refractivity contribution in [1.29, 1.82) is 0 Å². The van der Waals surface area contributed by atoms with Gasteiger partial charge in [-0.25, -0.2) is 0 Å². The summed E-state index contributed by atoms with van der Waals surface area (Å²) in [6, 6.07) is 5.47. The number of pyridine rings is 2. The van der Waals surface area contributed by atoms with E-state index in [0.717, 1.165) is 11.1 Å². The van der Waals surface area contributed by atoms with Crippen molar-refractivity contribution in [3.63, 3.8) is 0 Å². The first-order valence-corrected chi connectivity index (χ1v) is 5.06. The van der Waals surface area contributed by atoms with Crippen molar-refractivity contribution in [2.45, 2.75) is 13.8 Å². The fraction of sp³-hybridized carbons (Fsp3) is 0.154. The third-order valence-corrected chi connectivity index (χ3v) is 2.29. The first-order chi connectivity index (χ1) is 7.66. The number of carbonyl (C=O) groups excluding carboxylic acids is 1. The van der Waals surface area contributed by atoms with Gasteiger partial charge < -0.3 is 0 Å². The molecule has 0 saturated carbocycles. The van der Waals surface area contributed by atoms with Gasteiger partial charge in [0.25, 0.3) is 0 Å². The molecule has 3 nitrogen and oxygen atoms in total. The van der Waals surface area contributed by atoms with Crippen LogP contribution in [0, 0.1) is 13.8 Å². The largest absolute Gasteiger partial charge is 0.287 e. The van der Waals surface area contributed by atoms with E-state index in [1.807, 2.05) is 26.0 Å². The monoisotopic (exact) mass is 212 g/mol. The van der Waals surface area contributed by atoms with Crippen LogP contribution in [0.2, 0.25) is 0 Å². The van der Waals surface area contributed by atoms with Gasteiger partial charge in [0.05, 0.1) is 0 Å². The van der Waals surface area contributed by atoms with E-state index in [2.05, 4.69) is 9.97 Å². The lowest BCUT2D eigenvalue weighted by Crippen LogP contribution is -2.04. The summed E-state index contributed by atoms with van der Waals surface area (Å²) in [6.07, 6.45) is 4.94. The topological polar surface area (TPSA) is 42.9 Å². The van der Waals surface area contributed by atoms with Crippen LogP contribution in [0.4, 0.5) is 0 Å². The van der Waals surface area contributed by atoms with Crippen molar-refractivity contribution in [3.8, 4) is 0 Å². The fourth-order valence-electron chi connectivity index (χ4n) is 1.49. The van der Waals surface area contributed by atoms with Crippen LogP contribution in [0.1, 0.15) is 27.2 Å². The van der Waals surface area contributed by atoms with Crippen molar-refractivity contribution >= 4 is 5.78 Å². The average molecular weight is 212 g/mol. The summed E-state index contributed by atoms with van der Waals surface area (Å²) in [5.74, 6) is -0.0834. The van der Waals surface area contributed by atoms with Gasteiger partial charge in [-0.15, -0.1) is 0 Å². The summed E-state index contributed by atoms with van der Waals surface area (Å²) >= 11 is 0. The van der Waals surface area contributed by atoms with E-state index in [0.29, 0.717) is 11.3 Å². The van der Waals surface area contributed by atoms with Gasteiger partial charge >= 0.3 is 0 Å². The van der Waals surface area contributed by atoms with Gasteiger partial charge in [0, 0.05) is 24.2 Å². The van der Waals surface area contributed by atoms with Crippen molar-refractivity contribution < 1.29 is 4.79 Å². The van der Waals surface area contributed by atoms with E-state index in [1.165, 1.54) is 0 Å². The minimum atomic E-state index is -0.0834. The zero-order valence-electron chi connectivity index (χ0n) is 9.27. The number of aromatic nitrogens is 2. The SMILES string of the molecule is Cc1cncc(C(=O)c2cc(C)ccn2)c1. The molecule has 0 saturated heterocycles. The molecule has 0 radical (unpaired) electrons. The van der Waals surface area contributed by atoms with Crippen LogP contribution in [0.15, 0.2) is 36.8 Å². The maximum Gasteiger partial charge on any atom is 0.212 e. The number of hydrogen-bond donors (Lipinski definition) is 0. The lowest BCUT2D eigenvalue weighted by Gasteiger charge is -2.01. The van der Waals surface area contributed by atoms with E-state index >= 15 is 0 Å². The number of hydrogen-bond acceptors (Lipinski definition) is 3. The fourth-order valence-corrected chi connectivity index (χ4v) is 1.49. The molecule has 0 spiro atoms. The van der Waals surface area contributed by atoms with Gasteiger partial charge in [0.1, 0.15) is 5.69 Å². The second kappa shape index (κ2) is 4.23. The van der Waals surface area contributed by atoms with Gasteiger partial charge in [-0.05, 0) is 43.2 Å². The number of ketones is 1. The Labute approximate surface area is 94.2 Å². The highest BCUT2D eigenvalue weighted by molar-refractivity contribution is 6.07. The van der Waals surface area contributed by atoms with Gasteiger partial charge in [0.15, 0.2) is 0 Å². The van der Waals surface area contributed by atoms with Crippen LogP contribution in [0.5, 0.6) is 0 Å². The Morgan fingerprint density at radius 3 is 2.62 bits per heavy atom. The van der Waals surface area contributed by atoms with E-state index in [9.17, 15) is 4.79 Å². The zero-order valence-corrected chi connectivity index (χ0v) is 9.27. The molecule has 0 aliphatic rings. The molecule has 0 unspecified atom stereocenters. The van der Waals surface area contributed by atoms with E-state index in [4.69, 9.17) is 0 Å². The third-order valence-electron chi connectivity index (χ3n) is 2.29. The highest BCUT2D eigenvalue weighted by Gasteiger charge is 2.10. The molecule has 0 aliphatic carbocycles. The molecule has 0 aliphatic heterocycles. The van der Waals surface area contributed by atoms with Gasteiger partial charge in [-0.3, -0.25) is 14.8 Å². The summed E-state index contributed by atoms with van der Waals surface area (Å²) in [5.41, 5.74) is 3.04. The molecule has 16 heavy (non-hydrogen) atoms. The predicted octanol–water partition coefficient (Wildman–Crippen LogP) is 2.32. The van der Waals surface area contributed by atoms with Crippen molar-refractivity contribution in [3.05, 3.63) is 59.2 Å². The van der Waals surface area contributed by atoms with E-state index in [-0.39, 0.29) is 5.78 Å². The van der Waals surface area contributed by atoms with Crippen molar-refractivity contribution in [1.82, 2.24) is 9.97 Å². The second-order valence-electron chi connectivity index (χ2n) is 3.80. The molecular weight excluding hydrogens is 200 g/mol. The van der Waals surface area contributed by atoms with Gasteiger partial charge in [0.2, 0.25) is 5.78 Å². The van der Waals surface area contributed by atoms with E-state index in [1.54, 1.807) is 24.7 Å². The number of rotatable bonds is 2. The van der Waals surface area contributed by atoms with Crippen LogP contribution >= 0.6 is 0 Å². The Bertz CT molecular complexity index is 487. The normalized spacial score (nSPS) is 10.1. The molecule has 80 valence electrons. The Hall–Kier alpha value is -2.03. The van der Waals surface area contributed by atoms with Gasteiger partial charge in [-0.2, -0.15) is 0 Å². The average Bonchev–Trinajstić information content (AvgIpc) is 2.28. The van der Waals surface area contributed by atoms with Crippen molar-refractivity contribution in [2.24, 2.45) is 0 Å². The molecule has 0 aromatic carbocycles. The molecule has 0 fully saturated rings. The first-order valence-electron chi connectivity index (χ1n) is 5.06. The lowest BCUT2D eigenvalue weighted by atomic mass is 10.1. The molecule has 3 heteroatoms. The highest BCUT2D eigenvalue weighted by Crippen LogP contribution is 2.09. The Morgan fingerprint density at radius 2 is 1.94 bits per heavy atom. The maximum absolute atomic E-state index is 12.0. The van der Waals surface area contributed by atoms with Crippen LogP contribution < -0.4 is 0 Å². The lowest BCUT2D eigenvalue weighted by molar-refractivity contribution is 0.103. The first kappa shape index (κ1) is 10.5. The summed E-state index contributed by atoms with van der Waals surface area (Å²) in [4.78, 5) is 20.1. The number of nitrogens with zero attached hydrogens (tertiary/aromatic N) is 2. The quantitative estimate of drug-likeness (QED) is 0.717. The van der Waals surface area contributed by atoms with Crippen LogP contribution in [-0.4, -0.2) is 15.8 Å². The Balaban J connectivity index is 2.39. The highest BCUT2D eigenvalue weighted by atomic mass is 16.1. The standard InChI is InChI=1S/C13H12N2O/c1-9-3-4-15-12(6-9)13(16)11-5-10(2)7-14-8-11/h3-8H,1-2H3. The molecule has 0 N–H and O–H groups in total. The molecule has 0 amide bonds. The van der Waals surface area contributed by atoms with Crippen molar-refractivity contribution in [2.75, 3.05) is 0 Å². The maximum atomic E-state index is 12.0. The summed E-state index contributed by atoms with van der Waals surface area (Å²) < 4.78 is 0. The summed E-state index contributed by atoms with van der Waals surface area (Å²) in [6.45, 7) is 3.85. The third kappa shape index (κ3) is 2.14. The second-order valence-corrected chi connectivity index (χ2v) is 3.80. The molecule has 2 aromatic heterocycles. The molecule has 2 rings (SSSR count). The summed E-state index contributed by atoms with van der Waals surface area (Å²) in [7, 11) is 0. The van der Waals surface area contributed by atoms with E-state index < -0.39 is 0 Å². The smallest absolute Gasteiger partial charge is 0.212 e. The Morgan fingerprint density at radius 1 is 1.12 bits per heavy atom. The minimum absolute atomic E-state index is 0.0834. The van der Waals surface area contributed by atoms with Crippen LogP contribution in [0.3, 0.4) is 0 Å². The number of aryl methyl sites for hydroxylation is 2. The number of carbonyl (C=O) groups is 1. The molecule has 0 atom stereocenters. The molecular formula is C13H12N2O. The van der Waals surface area contributed by atoms with Gasteiger partial charge in [-0.1, -0.05) is 0 Å². The molecule has 2 aromatic rings. The Kier molecular flexibility index (Phi) is 2.77. The van der Waals surface area contributed by atoms with Crippen LogP contribution in [0.25, 0.3) is 0 Å². The van der Waals surface area contributed by atoms with Crippen LogP contribution in [-0.2, 0) is 0 Å². The molecule has 0 bridgehead atoms. The summed E-state index contributed by atoms with van der Waals surface area (Å²) in [5, 5.41) is 0. The predicted molar refractivity (Wildman–Crippen MR) is 61.4 cm³/mol. The zero-order chi connectivity index (χ0) is 11.5.